The fourth-order valence-corrected chi connectivity index (χ4v) is 3.38. The normalized spacial score (nSPS) is 11.0. The monoisotopic (exact) mass is 414 g/mol. The van der Waals surface area contributed by atoms with E-state index in [2.05, 4.69) is 25.7 Å². The zero-order valence-electron chi connectivity index (χ0n) is 15.0. The Balaban J connectivity index is 1.52. The van der Waals surface area contributed by atoms with Crippen LogP contribution in [-0.2, 0) is 5.75 Å². The van der Waals surface area contributed by atoms with Crippen molar-refractivity contribution in [2.45, 2.75) is 17.8 Å². The third kappa shape index (κ3) is 3.85. The Morgan fingerprint density at radius 1 is 1.11 bits per heavy atom. The molecule has 0 saturated heterocycles. The number of tetrazole rings is 1. The molecule has 4 rings (SSSR count). The van der Waals surface area contributed by atoms with Gasteiger partial charge in [-0.25, -0.2) is 0 Å². The highest BCUT2D eigenvalue weighted by Crippen LogP contribution is 2.29. The van der Waals surface area contributed by atoms with Crippen LogP contribution in [0.25, 0.3) is 17.1 Å². The highest BCUT2D eigenvalue weighted by molar-refractivity contribution is 7.98. The van der Waals surface area contributed by atoms with Crippen LogP contribution in [0.1, 0.15) is 11.5 Å². The van der Waals surface area contributed by atoms with Crippen molar-refractivity contribution < 1.29 is 9.15 Å². The number of thioether (sulfide) groups is 1. The van der Waals surface area contributed by atoms with Crippen LogP contribution in [0.2, 0.25) is 5.02 Å². The molecular weight excluding hydrogens is 400 g/mol. The number of aromatic nitrogens is 6. The lowest BCUT2D eigenvalue weighted by molar-refractivity contribution is 0.410. The third-order valence-electron chi connectivity index (χ3n) is 3.89. The van der Waals surface area contributed by atoms with Crippen molar-refractivity contribution in [2.75, 3.05) is 7.11 Å². The number of halogens is 1. The molecule has 0 aliphatic heterocycles. The Labute approximate surface area is 169 Å². The smallest absolute Gasteiger partial charge is 0.247 e. The first-order valence-corrected chi connectivity index (χ1v) is 9.65. The van der Waals surface area contributed by atoms with E-state index < -0.39 is 0 Å². The standard InChI is InChI=1S/C18H15ClN6O2S/c1-11-3-8-15(26-2)14(9-11)25-18(22-23-24-25)28-10-16-20-21-17(27-16)12-4-6-13(19)7-5-12/h3-9H,10H2,1-2H3. The average molecular weight is 415 g/mol. The van der Waals surface area contributed by atoms with Crippen LogP contribution in [0.3, 0.4) is 0 Å². The van der Waals surface area contributed by atoms with Crippen LogP contribution in [0.15, 0.2) is 52.0 Å². The number of nitrogens with zero attached hydrogens (tertiary/aromatic N) is 6. The average Bonchev–Trinajstić information content (AvgIpc) is 3.36. The summed E-state index contributed by atoms with van der Waals surface area (Å²) in [7, 11) is 1.61. The van der Waals surface area contributed by atoms with E-state index in [1.807, 2.05) is 37.3 Å². The van der Waals surface area contributed by atoms with E-state index in [4.69, 9.17) is 20.8 Å². The van der Waals surface area contributed by atoms with Crippen molar-refractivity contribution in [1.29, 1.82) is 0 Å². The second kappa shape index (κ2) is 7.99. The zero-order chi connectivity index (χ0) is 19.5. The van der Waals surface area contributed by atoms with Crippen LogP contribution in [0.4, 0.5) is 0 Å². The van der Waals surface area contributed by atoms with Gasteiger partial charge in [0.05, 0.1) is 12.9 Å². The molecule has 4 aromatic rings. The summed E-state index contributed by atoms with van der Waals surface area (Å²) in [6, 6.07) is 13.0. The molecule has 0 amide bonds. The lowest BCUT2D eigenvalue weighted by Crippen LogP contribution is -2.02. The number of rotatable bonds is 6. The van der Waals surface area contributed by atoms with Gasteiger partial charge in [-0.15, -0.1) is 15.3 Å². The SMILES string of the molecule is COc1ccc(C)cc1-n1nnnc1SCc1nnc(-c2ccc(Cl)cc2)o1. The molecule has 0 aliphatic carbocycles. The number of hydrogen-bond donors (Lipinski definition) is 0. The molecule has 0 N–H and O–H groups in total. The van der Waals surface area contributed by atoms with Crippen molar-refractivity contribution in [3.05, 3.63) is 58.9 Å². The van der Waals surface area contributed by atoms with E-state index in [0.717, 1.165) is 16.8 Å². The van der Waals surface area contributed by atoms with Gasteiger partial charge in [-0.3, -0.25) is 0 Å². The number of ether oxygens (including phenoxy) is 1. The van der Waals surface area contributed by atoms with Crippen LogP contribution < -0.4 is 4.74 Å². The van der Waals surface area contributed by atoms with E-state index >= 15 is 0 Å². The number of hydrogen-bond acceptors (Lipinski definition) is 8. The van der Waals surface area contributed by atoms with Crippen LogP contribution >= 0.6 is 23.4 Å². The molecule has 0 unspecified atom stereocenters. The molecule has 0 atom stereocenters. The third-order valence-corrected chi connectivity index (χ3v) is 5.04. The minimum Gasteiger partial charge on any atom is -0.494 e. The summed E-state index contributed by atoms with van der Waals surface area (Å²) >= 11 is 7.30. The fourth-order valence-electron chi connectivity index (χ4n) is 2.53. The quantitative estimate of drug-likeness (QED) is 0.437. The number of methoxy groups -OCH3 is 1. The maximum atomic E-state index is 5.91. The predicted octanol–water partition coefficient (Wildman–Crippen LogP) is 3.98. The van der Waals surface area contributed by atoms with Gasteiger partial charge >= 0.3 is 0 Å². The lowest BCUT2D eigenvalue weighted by Gasteiger charge is -2.09. The first-order chi connectivity index (χ1) is 13.6. The topological polar surface area (TPSA) is 91.8 Å². The molecular formula is C18H15ClN6O2S. The molecule has 2 heterocycles. The van der Waals surface area contributed by atoms with E-state index in [-0.39, 0.29) is 0 Å². The molecule has 0 aliphatic rings. The van der Waals surface area contributed by atoms with Gasteiger partial charge in [-0.1, -0.05) is 29.4 Å². The molecule has 2 aromatic carbocycles. The van der Waals surface area contributed by atoms with Gasteiger partial charge < -0.3 is 9.15 Å². The largest absolute Gasteiger partial charge is 0.494 e. The fraction of sp³-hybridized carbons (Fsp3) is 0.167. The molecule has 142 valence electrons. The Hall–Kier alpha value is -2.91. The highest BCUT2D eigenvalue weighted by atomic mass is 35.5. The van der Waals surface area contributed by atoms with Crippen molar-refractivity contribution in [2.24, 2.45) is 0 Å². The summed E-state index contributed by atoms with van der Waals surface area (Å²) in [4.78, 5) is 0. The minimum absolute atomic E-state index is 0.426. The molecule has 10 heteroatoms. The summed E-state index contributed by atoms with van der Waals surface area (Å²) in [6.45, 7) is 2.00. The van der Waals surface area contributed by atoms with Gasteiger partial charge in [0.2, 0.25) is 16.9 Å². The van der Waals surface area contributed by atoms with Crippen molar-refractivity contribution in [1.82, 2.24) is 30.4 Å². The van der Waals surface area contributed by atoms with Crippen LogP contribution in [-0.4, -0.2) is 37.5 Å². The molecule has 28 heavy (non-hydrogen) atoms. The molecule has 0 spiro atoms. The van der Waals surface area contributed by atoms with E-state index in [0.29, 0.717) is 33.5 Å². The summed E-state index contributed by atoms with van der Waals surface area (Å²) < 4.78 is 12.8. The van der Waals surface area contributed by atoms with Crippen molar-refractivity contribution >= 4 is 23.4 Å². The molecule has 0 fully saturated rings. The Morgan fingerprint density at radius 3 is 2.71 bits per heavy atom. The first kappa shape index (κ1) is 18.5. The van der Waals surface area contributed by atoms with Gasteiger partial charge in [0, 0.05) is 10.6 Å². The van der Waals surface area contributed by atoms with Crippen molar-refractivity contribution in [3.8, 4) is 22.9 Å². The second-order valence-electron chi connectivity index (χ2n) is 5.85. The second-order valence-corrected chi connectivity index (χ2v) is 7.22. The molecule has 0 radical (unpaired) electrons. The molecule has 8 nitrogen and oxygen atoms in total. The van der Waals surface area contributed by atoms with Crippen molar-refractivity contribution in [3.63, 3.8) is 0 Å². The van der Waals surface area contributed by atoms with Gasteiger partial charge in [0.15, 0.2) is 0 Å². The first-order valence-electron chi connectivity index (χ1n) is 8.28. The maximum Gasteiger partial charge on any atom is 0.247 e. The maximum absolute atomic E-state index is 5.91. The van der Waals surface area contributed by atoms with E-state index in [1.54, 1.807) is 23.9 Å². The summed E-state index contributed by atoms with van der Waals surface area (Å²) in [5.74, 6) is 2.02. The minimum atomic E-state index is 0.426. The molecule has 0 bridgehead atoms. The lowest BCUT2D eigenvalue weighted by atomic mass is 10.2. The Morgan fingerprint density at radius 2 is 1.93 bits per heavy atom. The number of benzene rings is 2. The molecule has 2 aromatic heterocycles. The Kier molecular flexibility index (Phi) is 5.27. The summed E-state index contributed by atoms with van der Waals surface area (Å²) in [6.07, 6.45) is 0. The summed E-state index contributed by atoms with van der Waals surface area (Å²) in [5.41, 5.74) is 2.65. The molecule has 0 saturated carbocycles. The van der Waals surface area contributed by atoms with Gasteiger partial charge in [-0.2, -0.15) is 4.68 Å². The Bertz CT molecular complexity index is 1100. The van der Waals surface area contributed by atoms with E-state index in [9.17, 15) is 0 Å². The number of aryl methyl sites for hydroxylation is 1. The van der Waals surface area contributed by atoms with Gasteiger partial charge in [0.1, 0.15) is 11.4 Å². The van der Waals surface area contributed by atoms with Gasteiger partial charge in [-0.05, 0) is 59.3 Å². The van der Waals surface area contributed by atoms with Crippen LogP contribution in [0.5, 0.6) is 5.75 Å². The zero-order valence-corrected chi connectivity index (χ0v) is 16.6. The van der Waals surface area contributed by atoms with Crippen LogP contribution in [0, 0.1) is 6.92 Å². The summed E-state index contributed by atoms with van der Waals surface area (Å²) in [5, 5.41) is 21.4. The highest BCUT2D eigenvalue weighted by Gasteiger charge is 2.16. The predicted molar refractivity (Wildman–Crippen MR) is 105 cm³/mol. The van der Waals surface area contributed by atoms with Gasteiger partial charge in [0.25, 0.3) is 0 Å². The van der Waals surface area contributed by atoms with E-state index in [1.165, 1.54) is 11.8 Å².